The quantitative estimate of drug-likeness (QED) is 0.189. The van der Waals surface area contributed by atoms with E-state index in [9.17, 15) is 9.59 Å². The molecule has 8 nitrogen and oxygen atoms in total. The number of H-pyrrole nitrogens is 2. The molecule has 2 amide bonds. The molecule has 228 valence electrons. The van der Waals surface area contributed by atoms with Gasteiger partial charge in [0.25, 0.3) is 0 Å². The lowest BCUT2D eigenvalue weighted by molar-refractivity contribution is -0.133. The largest absolute Gasteiger partial charge is 0.340 e. The van der Waals surface area contributed by atoms with Crippen molar-refractivity contribution in [1.29, 1.82) is 0 Å². The minimum Gasteiger partial charge on any atom is -0.340 e. The zero-order chi connectivity index (χ0) is 30.5. The van der Waals surface area contributed by atoms with E-state index in [0.717, 1.165) is 76.4 Å². The minimum atomic E-state index is -0.0814. The predicted molar refractivity (Wildman–Crippen MR) is 173 cm³/mol. The molecule has 0 bridgehead atoms. The SMILES string of the molecule is C=C1C[C@@H](c2nc3ccc(C#Cc4ccc(-c5cnc([C@@H]6CCCN6C(=O)CC6CC6)[nH]5)cc4)cc3[nH]2)N(C(=O)CC2CC2)C1. The van der Waals surface area contributed by atoms with Crippen LogP contribution in [-0.4, -0.2) is 54.6 Å². The van der Waals surface area contributed by atoms with Crippen molar-refractivity contribution in [3.8, 4) is 23.1 Å². The van der Waals surface area contributed by atoms with Crippen molar-refractivity contribution in [1.82, 2.24) is 29.7 Å². The number of nitrogens with one attached hydrogen (secondary N) is 2. The number of imidazole rings is 2. The van der Waals surface area contributed by atoms with Crippen LogP contribution in [0.4, 0.5) is 0 Å². The van der Waals surface area contributed by atoms with Gasteiger partial charge in [0, 0.05) is 37.1 Å². The number of rotatable bonds is 7. The van der Waals surface area contributed by atoms with Crippen LogP contribution in [0, 0.1) is 23.7 Å². The number of aromatic amines is 2. The highest BCUT2D eigenvalue weighted by molar-refractivity contribution is 5.80. The van der Waals surface area contributed by atoms with Crippen LogP contribution in [0.25, 0.3) is 22.3 Å². The van der Waals surface area contributed by atoms with Gasteiger partial charge in [-0.25, -0.2) is 9.97 Å². The number of fused-ring (bicyclic) bond motifs is 1. The fraction of sp³-hybridized carbons (Fsp3) is 0.405. The molecule has 8 heteroatoms. The maximum Gasteiger partial charge on any atom is 0.223 e. The van der Waals surface area contributed by atoms with E-state index in [1.54, 1.807) is 0 Å². The molecule has 4 aliphatic rings. The van der Waals surface area contributed by atoms with E-state index < -0.39 is 0 Å². The highest BCUT2D eigenvalue weighted by atomic mass is 16.2. The minimum absolute atomic E-state index is 0.0461. The third-order valence-corrected chi connectivity index (χ3v) is 9.74. The molecule has 2 aliphatic heterocycles. The van der Waals surface area contributed by atoms with Gasteiger partial charge in [0.2, 0.25) is 11.8 Å². The van der Waals surface area contributed by atoms with Crippen molar-refractivity contribution < 1.29 is 9.59 Å². The Hall–Kier alpha value is -4.64. The van der Waals surface area contributed by atoms with Crippen LogP contribution in [0.5, 0.6) is 0 Å². The zero-order valence-corrected chi connectivity index (χ0v) is 25.5. The van der Waals surface area contributed by atoms with Gasteiger partial charge in [0.1, 0.15) is 11.6 Å². The highest BCUT2D eigenvalue weighted by Gasteiger charge is 2.37. The van der Waals surface area contributed by atoms with Crippen molar-refractivity contribution in [2.24, 2.45) is 11.8 Å². The summed E-state index contributed by atoms with van der Waals surface area (Å²) in [7, 11) is 0. The Balaban J connectivity index is 0.944. The fourth-order valence-corrected chi connectivity index (χ4v) is 6.82. The molecule has 2 N–H and O–H groups in total. The first-order chi connectivity index (χ1) is 22.0. The average molecular weight is 599 g/mol. The Morgan fingerprint density at radius 1 is 0.844 bits per heavy atom. The van der Waals surface area contributed by atoms with Crippen molar-refractivity contribution >= 4 is 22.8 Å². The lowest BCUT2D eigenvalue weighted by Crippen LogP contribution is -2.31. The van der Waals surface area contributed by atoms with Gasteiger partial charge >= 0.3 is 0 Å². The number of amides is 2. The lowest BCUT2D eigenvalue weighted by Gasteiger charge is -2.23. The van der Waals surface area contributed by atoms with Crippen LogP contribution in [0.1, 0.15) is 92.6 Å². The molecular weight excluding hydrogens is 560 g/mol. The summed E-state index contributed by atoms with van der Waals surface area (Å²) in [5.74, 6) is 9.92. The summed E-state index contributed by atoms with van der Waals surface area (Å²) in [5, 5.41) is 0. The van der Waals surface area contributed by atoms with Gasteiger partial charge in [0.05, 0.1) is 35.0 Å². The van der Waals surface area contributed by atoms with E-state index in [1.807, 2.05) is 46.3 Å². The van der Waals surface area contributed by atoms with Gasteiger partial charge in [0.15, 0.2) is 0 Å². The smallest absolute Gasteiger partial charge is 0.223 e. The second kappa shape index (κ2) is 11.4. The monoisotopic (exact) mass is 598 g/mol. The molecule has 0 unspecified atom stereocenters. The molecule has 2 saturated heterocycles. The molecule has 2 atom stereocenters. The Kier molecular flexibility index (Phi) is 7.05. The normalized spacial score (nSPS) is 21.4. The molecule has 2 aromatic carbocycles. The molecular formula is C37H38N6O2. The van der Waals surface area contributed by atoms with E-state index in [4.69, 9.17) is 4.98 Å². The molecule has 4 heterocycles. The summed E-state index contributed by atoms with van der Waals surface area (Å²) >= 11 is 0. The molecule has 0 radical (unpaired) electrons. The molecule has 2 aliphatic carbocycles. The summed E-state index contributed by atoms with van der Waals surface area (Å²) in [6.07, 6.45) is 10.6. The van der Waals surface area contributed by atoms with Crippen molar-refractivity contribution in [2.45, 2.75) is 69.9 Å². The number of carbonyl (C=O) groups excluding carboxylic acids is 2. The van der Waals surface area contributed by atoms with E-state index in [-0.39, 0.29) is 23.9 Å². The van der Waals surface area contributed by atoms with Gasteiger partial charge in [-0.1, -0.05) is 36.1 Å². The zero-order valence-electron chi connectivity index (χ0n) is 25.5. The first kappa shape index (κ1) is 27.9. The molecule has 2 aromatic heterocycles. The van der Waals surface area contributed by atoms with Crippen LogP contribution in [-0.2, 0) is 9.59 Å². The third kappa shape index (κ3) is 5.92. The number of nitrogens with zero attached hydrogens (tertiary/aromatic N) is 4. The summed E-state index contributed by atoms with van der Waals surface area (Å²) < 4.78 is 0. The predicted octanol–water partition coefficient (Wildman–Crippen LogP) is 6.45. The Labute approximate surface area is 263 Å². The van der Waals surface area contributed by atoms with Crippen molar-refractivity contribution in [2.75, 3.05) is 13.1 Å². The third-order valence-electron chi connectivity index (χ3n) is 9.74. The van der Waals surface area contributed by atoms with Gasteiger partial charge in [-0.3, -0.25) is 9.59 Å². The number of hydrogen-bond acceptors (Lipinski definition) is 4. The average Bonchev–Trinajstić information content (AvgIpc) is 3.76. The van der Waals surface area contributed by atoms with Crippen LogP contribution in [0.2, 0.25) is 0 Å². The summed E-state index contributed by atoms with van der Waals surface area (Å²) in [6, 6.07) is 14.1. The number of hydrogen-bond donors (Lipinski definition) is 2. The van der Waals surface area contributed by atoms with E-state index in [0.29, 0.717) is 31.2 Å². The maximum absolute atomic E-state index is 12.9. The van der Waals surface area contributed by atoms with Crippen LogP contribution >= 0.6 is 0 Å². The van der Waals surface area contributed by atoms with Crippen molar-refractivity contribution in [3.63, 3.8) is 0 Å². The second-order valence-electron chi connectivity index (χ2n) is 13.4. The van der Waals surface area contributed by atoms with E-state index >= 15 is 0 Å². The highest BCUT2D eigenvalue weighted by Crippen LogP contribution is 2.39. The van der Waals surface area contributed by atoms with Gasteiger partial charge < -0.3 is 19.8 Å². The fourth-order valence-electron chi connectivity index (χ4n) is 6.82. The number of carbonyl (C=O) groups is 2. The van der Waals surface area contributed by atoms with E-state index in [2.05, 4.69) is 45.5 Å². The molecule has 4 aromatic rings. The first-order valence-electron chi connectivity index (χ1n) is 16.4. The Morgan fingerprint density at radius 3 is 2.31 bits per heavy atom. The van der Waals surface area contributed by atoms with Crippen LogP contribution in [0.3, 0.4) is 0 Å². The summed E-state index contributed by atoms with van der Waals surface area (Å²) in [4.78, 5) is 46.2. The molecule has 2 saturated carbocycles. The topological polar surface area (TPSA) is 98.0 Å². The standard InChI is InChI=1S/C37H38N6O2/c1-23-17-33(43(22-23)35(45)20-27-8-9-27)37-39-29-15-12-25(18-30(29)40-37)5-4-24-10-13-28(14-11-24)31-21-38-36(41-31)32-3-2-16-42(32)34(44)19-26-6-7-26/h10-15,18,21,26-27,32-33H,1-3,6-9,16-17,19-20,22H2,(H,38,41)(H,39,40)/t32-,33-/m0/s1. The summed E-state index contributed by atoms with van der Waals surface area (Å²) in [5.41, 5.74) is 6.68. The van der Waals surface area contributed by atoms with Crippen LogP contribution < -0.4 is 0 Å². The van der Waals surface area contributed by atoms with Crippen LogP contribution in [0.15, 0.2) is 60.8 Å². The number of likely N-dealkylation sites (tertiary alicyclic amines) is 2. The molecule has 8 rings (SSSR count). The number of aromatic nitrogens is 4. The molecule has 4 fully saturated rings. The Bertz CT molecular complexity index is 1850. The molecule has 0 spiro atoms. The molecule has 45 heavy (non-hydrogen) atoms. The lowest BCUT2D eigenvalue weighted by atomic mass is 10.1. The Morgan fingerprint density at radius 2 is 1.56 bits per heavy atom. The maximum atomic E-state index is 12.9. The van der Waals surface area contributed by atoms with E-state index in [1.165, 1.54) is 25.7 Å². The van der Waals surface area contributed by atoms with Gasteiger partial charge in [-0.2, -0.15) is 0 Å². The number of benzene rings is 2. The van der Waals surface area contributed by atoms with Gasteiger partial charge in [-0.05, 0) is 92.7 Å². The second-order valence-corrected chi connectivity index (χ2v) is 13.4. The van der Waals surface area contributed by atoms with Gasteiger partial charge in [-0.15, -0.1) is 0 Å². The van der Waals surface area contributed by atoms with Crippen molar-refractivity contribution in [3.05, 3.63) is 83.6 Å². The first-order valence-corrected chi connectivity index (χ1v) is 16.4. The summed E-state index contributed by atoms with van der Waals surface area (Å²) in [6.45, 7) is 5.60.